The van der Waals surface area contributed by atoms with Gasteiger partial charge in [-0.1, -0.05) is 41.4 Å². The largest absolute Gasteiger partial charge is 0.316 e. The quantitative estimate of drug-likeness (QED) is 0.621. The Balaban J connectivity index is 1.99. The number of likely N-dealkylation sites (N-methyl/N-ethyl adjacent to an activating group) is 1. The fourth-order valence-electron chi connectivity index (χ4n) is 1.95. The van der Waals surface area contributed by atoms with E-state index in [4.69, 9.17) is 23.2 Å². The highest BCUT2D eigenvalue weighted by atomic mass is 79.9. The van der Waals surface area contributed by atoms with Crippen molar-refractivity contribution in [1.82, 2.24) is 5.32 Å². The molecule has 2 rings (SSSR count). The van der Waals surface area contributed by atoms with E-state index in [0.29, 0.717) is 11.1 Å². The van der Waals surface area contributed by atoms with Gasteiger partial charge in [-0.2, -0.15) is 0 Å². The Morgan fingerprint density at radius 3 is 2.62 bits per heavy atom. The van der Waals surface area contributed by atoms with Gasteiger partial charge in [-0.15, -0.1) is 11.8 Å². The molecular formula is C16H16BrCl2NS. The molecule has 0 saturated carbocycles. The molecule has 0 spiro atoms. The molecule has 1 N–H and O–H groups in total. The Bertz CT molecular complexity index is 607. The monoisotopic (exact) mass is 403 g/mol. The molecule has 5 heteroatoms. The molecule has 0 bridgehead atoms. The van der Waals surface area contributed by atoms with E-state index >= 15 is 0 Å². The summed E-state index contributed by atoms with van der Waals surface area (Å²) in [5.41, 5.74) is 1.12. The molecule has 0 aliphatic rings. The summed E-state index contributed by atoms with van der Waals surface area (Å²) in [6, 6.07) is 14.3. The SMILES string of the molecule is CNC(CSc1ccccc1Br)Cc1ccc(Cl)cc1Cl. The zero-order valence-electron chi connectivity index (χ0n) is 11.6. The van der Waals surface area contributed by atoms with Crippen LogP contribution in [0, 0.1) is 0 Å². The van der Waals surface area contributed by atoms with Crippen molar-refractivity contribution in [3.8, 4) is 0 Å². The van der Waals surface area contributed by atoms with Gasteiger partial charge in [-0.3, -0.25) is 0 Å². The lowest BCUT2D eigenvalue weighted by Gasteiger charge is -2.17. The highest BCUT2D eigenvalue weighted by Crippen LogP contribution is 2.28. The number of hydrogen-bond donors (Lipinski definition) is 1. The normalized spacial score (nSPS) is 12.4. The number of benzene rings is 2. The van der Waals surface area contributed by atoms with Gasteiger partial charge < -0.3 is 5.32 Å². The van der Waals surface area contributed by atoms with Gasteiger partial charge in [-0.05, 0) is 59.2 Å². The molecule has 112 valence electrons. The average Bonchev–Trinajstić information content (AvgIpc) is 2.47. The predicted molar refractivity (Wildman–Crippen MR) is 97.9 cm³/mol. The van der Waals surface area contributed by atoms with Crippen molar-refractivity contribution < 1.29 is 0 Å². The first-order valence-electron chi connectivity index (χ1n) is 6.58. The lowest BCUT2D eigenvalue weighted by Crippen LogP contribution is -2.30. The third kappa shape index (κ3) is 5.19. The summed E-state index contributed by atoms with van der Waals surface area (Å²) in [5.74, 6) is 0.970. The van der Waals surface area contributed by atoms with Crippen LogP contribution in [-0.4, -0.2) is 18.8 Å². The molecule has 0 saturated heterocycles. The minimum atomic E-state index is 0.348. The van der Waals surface area contributed by atoms with Gasteiger partial charge in [0.25, 0.3) is 0 Å². The smallest absolute Gasteiger partial charge is 0.0453 e. The number of nitrogens with one attached hydrogen (secondary N) is 1. The lowest BCUT2D eigenvalue weighted by atomic mass is 10.1. The maximum atomic E-state index is 6.25. The van der Waals surface area contributed by atoms with E-state index < -0.39 is 0 Å². The summed E-state index contributed by atoms with van der Waals surface area (Å²) in [7, 11) is 1.98. The van der Waals surface area contributed by atoms with Crippen molar-refractivity contribution >= 4 is 50.9 Å². The maximum absolute atomic E-state index is 6.25. The highest BCUT2D eigenvalue weighted by Gasteiger charge is 2.11. The third-order valence-electron chi connectivity index (χ3n) is 3.17. The second-order valence-electron chi connectivity index (χ2n) is 4.67. The van der Waals surface area contributed by atoms with E-state index in [-0.39, 0.29) is 0 Å². The molecule has 0 fully saturated rings. The first kappa shape index (κ1) is 17.2. The molecule has 1 unspecified atom stereocenters. The molecule has 0 aliphatic heterocycles. The van der Waals surface area contributed by atoms with E-state index in [0.717, 1.165) is 27.2 Å². The van der Waals surface area contributed by atoms with Crippen LogP contribution in [0.5, 0.6) is 0 Å². The summed E-state index contributed by atoms with van der Waals surface area (Å²) >= 11 is 17.6. The second-order valence-corrected chi connectivity index (χ2v) is 7.43. The van der Waals surface area contributed by atoms with Gasteiger partial charge in [0, 0.05) is 31.2 Å². The summed E-state index contributed by atoms with van der Waals surface area (Å²) in [6.07, 6.45) is 0.879. The van der Waals surface area contributed by atoms with Crippen LogP contribution in [-0.2, 0) is 6.42 Å². The summed E-state index contributed by atoms with van der Waals surface area (Å²) in [4.78, 5) is 1.25. The molecule has 2 aromatic rings. The molecule has 21 heavy (non-hydrogen) atoms. The van der Waals surface area contributed by atoms with E-state index in [1.165, 1.54) is 4.90 Å². The molecule has 0 radical (unpaired) electrons. The fraction of sp³-hybridized carbons (Fsp3) is 0.250. The number of rotatable bonds is 6. The zero-order valence-corrected chi connectivity index (χ0v) is 15.5. The van der Waals surface area contributed by atoms with Crippen LogP contribution in [0.4, 0.5) is 0 Å². The summed E-state index contributed by atoms with van der Waals surface area (Å²) in [5, 5.41) is 4.76. The average molecular weight is 405 g/mol. The Labute approximate surface area is 148 Å². The van der Waals surface area contributed by atoms with Crippen LogP contribution in [0.2, 0.25) is 10.0 Å². The van der Waals surface area contributed by atoms with Crippen molar-refractivity contribution in [3.05, 3.63) is 62.5 Å². The van der Waals surface area contributed by atoms with Crippen molar-refractivity contribution in [2.75, 3.05) is 12.8 Å². The molecular weight excluding hydrogens is 389 g/mol. The van der Waals surface area contributed by atoms with Crippen LogP contribution in [0.15, 0.2) is 51.8 Å². The fourth-order valence-corrected chi connectivity index (χ4v) is 4.11. The van der Waals surface area contributed by atoms with Gasteiger partial charge >= 0.3 is 0 Å². The topological polar surface area (TPSA) is 12.0 Å². The number of halogens is 3. The Morgan fingerprint density at radius 2 is 1.95 bits per heavy atom. The molecule has 1 nitrogen and oxygen atoms in total. The second kappa shape index (κ2) is 8.44. The van der Waals surface area contributed by atoms with Crippen molar-refractivity contribution in [3.63, 3.8) is 0 Å². The summed E-state index contributed by atoms with van der Waals surface area (Å²) < 4.78 is 1.13. The molecule has 1 atom stereocenters. The van der Waals surface area contributed by atoms with E-state index in [1.54, 1.807) is 6.07 Å². The molecule has 0 aromatic heterocycles. The lowest BCUT2D eigenvalue weighted by molar-refractivity contribution is 0.617. The molecule has 0 amide bonds. The van der Waals surface area contributed by atoms with Gasteiger partial charge in [0.15, 0.2) is 0 Å². The predicted octanol–water partition coefficient (Wildman–Crippen LogP) is 5.68. The van der Waals surface area contributed by atoms with Gasteiger partial charge in [-0.25, -0.2) is 0 Å². The zero-order chi connectivity index (χ0) is 15.2. The third-order valence-corrected chi connectivity index (χ3v) is 5.94. The van der Waals surface area contributed by atoms with Gasteiger partial charge in [0.2, 0.25) is 0 Å². The molecule has 0 aliphatic carbocycles. The summed E-state index contributed by atoms with van der Waals surface area (Å²) in [6.45, 7) is 0. The van der Waals surface area contributed by atoms with Crippen LogP contribution in [0.1, 0.15) is 5.56 Å². The maximum Gasteiger partial charge on any atom is 0.0453 e. The van der Waals surface area contributed by atoms with Crippen LogP contribution < -0.4 is 5.32 Å². The van der Waals surface area contributed by atoms with Crippen LogP contribution in [0.25, 0.3) is 0 Å². The number of hydrogen-bond acceptors (Lipinski definition) is 2. The van der Waals surface area contributed by atoms with Crippen LogP contribution in [0.3, 0.4) is 0 Å². The van der Waals surface area contributed by atoms with Crippen molar-refractivity contribution in [2.45, 2.75) is 17.4 Å². The van der Waals surface area contributed by atoms with Crippen LogP contribution >= 0.6 is 50.9 Å². The Kier molecular flexibility index (Phi) is 6.90. The minimum absolute atomic E-state index is 0.348. The highest BCUT2D eigenvalue weighted by molar-refractivity contribution is 9.10. The van der Waals surface area contributed by atoms with Gasteiger partial charge in [0.05, 0.1) is 0 Å². The molecule has 0 heterocycles. The van der Waals surface area contributed by atoms with Gasteiger partial charge in [0.1, 0.15) is 0 Å². The Hall–Kier alpha value is -0.190. The van der Waals surface area contributed by atoms with Crippen molar-refractivity contribution in [2.24, 2.45) is 0 Å². The van der Waals surface area contributed by atoms with E-state index in [2.05, 4.69) is 39.4 Å². The Morgan fingerprint density at radius 1 is 1.19 bits per heavy atom. The first-order valence-corrected chi connectivity index (χ1v) is 9.12. The number of thioether (sulfide) groups is 1. The molecule has 2 aromatic carbocycles. The van der Waals surface area contributed by atoms with E-state index in [1.807, 2.05) is 37.0 Å². The first-order chi connectivity index (χ1) is 10.1. The van der Waals surface area contributed by atoms with Crippen molar-refractivity contribution in [1.29, 1.82) is 0 Å². The standard InChI is InChI=1S/C16H16BrCl2NS/c1-20-13(8-11-6-7-12(18)9-15(11)19)10-21-16-5-3-2-4-14(16)17/h2-7,9,13,20H,8,10H2,1H3. The van der Waals surface area contributed by atoms with E-state index in [9.17, 15) is 0 Å². The minimum Gasteiger partial charge on any atom is -0.316 e.